The Labute approximate surface area is 61.6 Å². The molecule has 0 fully saturated rings. The smallest absolute Gasteiger partial charge is 0.145 e. The van der Waals surface area contributed by atoms with Crippen LogP contribution in [0.3, 0.4) is 0 Å². The molecule has 0 saturated carbocycles. The second-order valence-corrected chi connectivity index (χ2v) is 2.36. The Bertz CT molecular complexity index is 118. The lowest BCUT2D eigenvalue weighted by Crippen LogP contribution is -2.08. The van der Waals surface area contributed by atoms with Crippen molar-refractivity contribution in [1.29, 1.82) is 0 Å². The van der Waals surface area contributed by atoms with Gasteiger partial charge in [0.2, 0.25) is 0 Å². The highest BCUT2D eigenvalue weighted by molar-refractivity contribution is 5.72. The van der Waals surface area contributed by atoms with Gasteiger partial charge in [0.05, 0.1) is 6.61 Å². The van der Waals surface area contributed by atoms with Gasteiger partial charge in [0, 0.05) is 5.92 Å². The van der Waals surface area contributed by atoms with Gasteiger partial charge in [0.25, 0.3) is 0 Å². The molecule has 1 N–H and O–H groups in total. The van der Waals surface area contributed by atoms with Crippen LogP contribution in [0.4, 0.5) is 0 Å². The van der Waals surface area contributed by atoms with E-state index in [9.17, 15) is 4.79 Å². The molecule has 1 unspecified atom stereocenters. The quantitative estimate of drug-likeness (QED) is 0.462. The van der Waals surface area contributed by atoms with Gasteiger partial charge in [-0.15, -0.1) is 0 Å². The van der Waals surface area contributed by atoms with Gasteiger partial charge in [-0.3, -0.25) is 4.79 Å². The first-order valence-corrected chi connectivity index (χ1v) is 3.51. The molecule has 10 heavy (non-hydrogen) atoms. The van der Waals surface area contributed by atoms with Crippen LogP contribution < -0.4 is 0 Å². The standard InChI is InChI=1S/C8H14O2/c1-3-4-8(6-10)7(2)5-9/h5,8,10H,2-4,6H2,1H3. The van der Waals surface area contributed by atoms with Crippen LogP contribution in [0.1, 0.15) is 19.8 Å². The van der Waals surface area contributed by atoms with Crippen LogP contribution in [0.2, 0.25) is 0 Å². The fraction of sp³-hybridized carbons (Fsp3) is 0.625. The number of aliphatic hydroxyl groups is 1. The van der Waals surface area contributed by atoms with Crippen molar-refractivity contribution in [2.75, 3.05) is 6.61 Å². The molecule has 0 bridgehead atoms. The van der Waals surface area contributed by atoms with Gasteiger partial charge in [0.15, 0.2) is 0 Å². The summed E-state index contributed by atoms with van der Waals surface area (Å²) in [6.07, 6.45) is 2.53. The molecule has 0 aliphatic carbocycles. The number of aliphatic hydroxyl groups excluding tert-OH is 1. The fourth-order valence-corrected chi connectivity index (χ4v) is 0.839. The van der Waals surface area contributed by atoms with Crippen LogP contribution >= 0.6 is 0 Å². The number of aldehydes is 1. The summed E-state index contributed by atoms with van der Waals surface area (Å²) < 4.78 is 0. The molecule has 0 heterocycles. The number of carbonyl (C=O) groups is 1. The second kappa shape index (κ2) is 5.18. The van der Waals surface area contributed by atoms with Crippen LogP contribution in [0.5, 0.6) is 0 Å². The highest BCUT2D eigenvalue weighted by Crippen LogP contribution is 2.12. The molecule has 58 valence electrons. The van der Waals surface area contributed by atoms with Crippen molar-refractivity contribution in [2.45, 2.75) is 19.8 Å². The Kier molecular flexibility index (Phi) is 4.85. The summed E-state index contributed by atoms with van der Waals surface area (Å²) >= 11 is 0. The predicted octanol–water partition coefficient (Wildman–Crippen LogP) is 1.15. The van der Waals surface area contributed by atoms with E-state index in [4.69, 9.17) is 5.11 Å². The van der Waals surface area contributed by atoms with Gasteiger partial charge in [0.1, 0.15) is 6.29 Å². The van der Waals surface area contributed by atoms with Crippen molar-refractivity contribution in [1.82, 2.24) is 0 Å². The number of carbonyl (C=O) groups excluding carboxylic acids is 1. The molecule has 0 rings (SSSR count). The molecule has 0 aromatic carbocycles. The predicted molar refractivity (Wildman–Crippen MR) is 40.7 cm³/mol. The minimum Gasteiger partial charge on any atom is -0.396 e. The molecule has 2 heteroatoms. The van der Waals surface area contributed by atoms with E-state index in [1.807, 2.05) is 6.92 Å². The number of hydrogen-bond acceptors (Lipinski definition) is 2. The zero-order chi connectivity index (χ0) is 7.98. The third-order valence-corrected chi connectivity index (χ3v) is 1.53. The molecule has 0 aliphatic heterocycles. The number of rotatable bonds is 5. The van der Waals surface area contributed by atoms with E-state index in [0.29, 0.717) is 5.57 Å². The summed E-state index contributed by atoms with van der Waals surface area (Å²) in [5, 5.41) is 8.74. The van der Waals surface area contributed by atoms with Crippen molar-refractivity contribution >= 4 is 6.29 Å². The van der Waals surface area contributed by atoms with E-state index in [1.54, 1.807) is 0 Å². The summed E-state index contributed by atoms with van der Waals surface area (Å²) in [5.41, 5.74) is 0.504. The van der Waals surface area contributed by atoms with E-state index in [-0.39, 0.29) is 12.5 Å². The fourth-order valence-electron chi connectivity index (χ4n) is 0.839. The van der Waals surface area contributed by atoms with E-state index in [2.05, 4.69) is 6.58 Å². The average molecular weight is 142 g/mol. The summed E-state index contributed by atoms with van der Waals surface area (Å²) in [6, 6.07) is 0. The van der Waals surface area contributed by atoms with Crippen LogP contribution in [0, 0.1) is 5.92 Å². The van der Waals surface area contributed by atoms with Crippen LogP contribution in [0.15, 0.2) is 12.2 Å². The highest BCUT2D eigenvalue weighted by Gasteiger charge is 2.08. The molecule has 0 amide bonds. The van der Waals surface area contributed by atoms with Crippen molar-refractivity contribution < 1.29 is 9.90 Å². The van der Waals surface area contributed by atoms with Crippen LogP contribution in [-0.4, -0.2) is 18.0 Å². The van der Waals surface area contributed by atoms with E-state index in [1.165, 1.54) is 0 Å². The van der Waals surface area contributed by atoms with Crippen molar-refractivity contribution in [3.63, 3.8) is 0 Å². The first-order chi connectivity index (χ1) is 4.76. The zero-order valence-electron chi connectivity index (χ0n) is 6.34. The molecule has 0 aromatic rings. The lowest BCUT2D eigenvalue weighted by molar-refractivity contribution is -0.105. The average Bonchev–Trinajstić information content (AvgIpc) is 1.99. The maximum atomic E-state index is 10.2. The summed E-state index contributed by atoms with van der Waals surface area (Å²) in [6.45, 7) is 5.58. The van der Waals surface area contributed by atoms with Gasteiger partial charge in [-0.05, 0) is 12.0 Å². The van der Waals surface area contributed by atoms with Gasteiger partial charge < -0.3 is 5.11 Å². The summed E-state index contributed by atoms with van der Waals surface area (Å²) in [5.74, 6) is -0.0255. The third kappa shape index (κ3) is 2.78. The molecule has 0 saturated heterocycles. The zero-order valence-corrected chi connectivity index (χ0v) is 6.34. The topological polar surface area (TPSA) is 37.3 Å². The van der Waals surface area contributed by atoms with Crippen LogP contribution in [0.25, 0.3) is 0 Å². The van der Waals surface area contributed by atoms with Gasteiger partial charge in [-0.25, -0.2) is 0 Å². The Balaban J connectivity index is 3.79. The largest absolute Gasteiger partial charge is 0.396 e. The minimum absolute atomic E-state index is 0.0255. The first kappa shape index (κ1) is 9.37. The maximum absolute atomic E-state index is 10.2. The molecule has 0 radical (unpaired) electrons. The Hall–Kier alpha value is -0.630. The molecule has 2 nitrogen and oxygen atoms in total. The molecular weight excluding hydrogens is 128 g/mol. The SMILES string of the molecule is C=C(C=O)C(CO)CCC. The maximum Gasteiger partial charge on any atom is 0.145 e. The number of hydrogen-bond donors (Lipinski definition) is 1. The van der Waals surface area contributed by atoms with E-state index in [0.717, 1.165) is 19.1 Å². The first-order valence-electron chi connectivity index (χ1n) is 3.51. The van der Waals surface area contributed by atoms with Gasteiger partial charge in [-0.1, -0.05) is 19.9 Å². The van der Waals surface area contributed by atoms with E-state index >= 15 is 0 Å². The second-order valence-electron chi connectivity index (χ2n) is 2.36. The lowest BCUT2D eigenvalue weighted by Gasteiger charge is -2.10. The van der Waals surface area contributed by atoms with Gasteiger partial charge >= 0.3 is 0 Å². The summed E-state index contributed by atoms with van der Waals surface area (Å²) in [7, 11) is 0. The molecule has 1 atom stereocenters. The lowest BCUT2D eigenvalue weighted by atomic mass is 9.98. The minimum atomic E-state index is -0.0255. The van der Waals surface area contributed by atoms with Gasteiger partial charge in [-0.2, -0.15) is 0 Å². The molecule has 0 spiro atoms. The molecule has 0 aromatic heterocycles. The molecular formula is C8H14O2. The monoisotopic (exact) mass is 142 g/mol. The highest BCUT2D eigenvalue weighted by atomic mass is 16.3. The molecule has 0 aliphatic rings. The normalized spacial score (nSPS) is 12.6. The Morgan fingerprint density at radius 2 is 2.40 bits per heavy atom. The Morgan fingerprint density at radius 3 is 2.70 bits per heavy atom. The third-order valence-electron chi connectivity index (χ3n) is 1.53. The van der Waals surface area contributed by atoms with Crippen molar-refractivity contribution in [3.05, 3.63) is 12.2 Å². The van der Waals surface area contributed by atoms with Crippen molar-refractivity contribution in [2.24, 2.45) is 5.92 Å². The van der Waals surface area contributed by atoms with E-state index < -0.39 is 0 Å². The van der Waals surface area contributed by atoms with Crippen molar-refractivity contribution in [3.8, 4) is 0 Å². The summed E-state index contributed by atoms with van der Waals surface area (Å²) in [4.78, 5) is 10.2. The van der Waals surface area contributed by atoms with Crippen LogP contribution in [-0.2, 0) is 4.79 Å². The Morgan fingerprint density at radius 1 is 1.80 bits per heavy atom.